The number of benzene rings is 2. The van der Waals surface area contributed by atoms with E-state index >= 15 is 0 Å². The summed E-state index contributed by atoms with van der Waals surface area (Å²) in [5, 5.41) is 9.51. The van der Waals surface area contributed by atoms with Gasteiger partial charge in [0.1, 0.15) is 6.61 Å². The zero-order valence-corrected chi connectivity index (χ0v) is 12.7. The van der Waals surface area contributed by atoms with E-state index in [0.717, 1.165) is 16.0 Å². The van der Waals surface area contributed by atoms with Crippen LogP contribution in [0.2, 0.25) is 0 Å². The summed E-state index contributed by atoms with van der Waals surface area (Å²) in [6.45, 7) is -0.248. The van der Waals surface area contributed by atoms with Crippen molar-refractivity contribution >= 4 is 12.5 Å². The molecule has 0 aliphatic rings. The van der Waals surface area contributed by atoms with Crippen molar-refractivity contribution in [2.24, 2.45) is 0 Å². The first-order valence-corrected chi connectivity index (χ1v) is 7.33. The molecule has 0 fully saturated rings. The van der Waals surface area contributed by atoms with Crippen LogP contribution in [-0.2, 0) is 22.6 Å². The van der Waals surface area contributed by atoms with Crippen LogP contribution in [0.15, 0.2) is 60.7 Å². The van der Waals surface area contributed by atoms with Gasteiger partial charge < -0.3 is 9.84 Å². The number of amides is 2. The summed E-state index contributed by atoms with van der Waals surface area (Å²) < 4.78 is 5.15. The van der Waals surface area contributed by atoms with Gasteiger partial charge in [0.2, 0.25) is 6.41 Å². The molecule has 1 atom stereocenters. The normalized spacial score (nSPS) is 11.5. The average Bonchev–Trinajstić information content (AvgIpc) is 2.61. The number of carbonyl (C=O) groups is 2. The summed E-state index contributed by atoms with van der Waals surface area (Å²) in [4.78, 5) is 24.3. The first-order chi connectivity index (χ1) is 11.2. The lowest BCUT2D eigenvalue weighted by molar-refractivity contribution is -0.119. The van der Waals surface area contributed by atoms with Crippen molar-refractivity contribution in [2.45, 2.75) is 19.1 Å². The smallest absolute Gasteiger partial charge is 0.416 e. The highest BCUT2D eigenvalue weighted by Crippen LogP contribution is 2.10. The summed E-state index contributed by atoms with van der Waals surface area (Å²) in [6.07, 6.45) is 0.00653. The Balaban J connectivity index is 1.98. The van der Waals surface area contributed by atoms with Crippen molar-refractivity contribution in [1.29, 1.82) is 0 Å². The largest absolute Gasteiger partial charge is 0.444 e. The van der Waals surface area contributed by atoms with Gasteiger partial charge in [0.25, 0.3) is 0 Å². The van der Waals surface area contributed by atoms with Crippen molar-refractivity contribution in [3.05, 3.63) is 71.8 Å². The molecule has 1 N–H and O–H groups in total. The summed E-state index contributed by atoms with van der Waals surface area (Å²) >= 11 is 0. The zero-order chi connectivity index (χ0) is 16.5. The highest BCUT2D eigenvalue weighted by Gasteiger charge is 2.24. The number of nitrogens with zero attached hydrogens (tertiary/aromatic N) is 1. The second-order valence-corrected chi connectivity index (χ2v) is 5.08. The van der Waals surface area contributed by atoms with Crippen LogP contribution in [0, 0.1) is 0 Å². The number of rotatable bonds is 7. The number of ether oxygens (including phenoxy) is 1. The van der Waals surface area contributed by atoms with Crippen LogP contribution in [0.4, 0.5) is 4.79 Å². The Hall–Kier alpha value is -2.66. The Morgan fingerprint density at radius 2 is 1.61 bits per heavy atom. The maximum atomic E-state index is 12.1. The molecular formula is C18H19NO4. The predicted molar refractivity (Wildman–Crippen MR) is 85.5 cm³/mol. The number of imide groups is 1. The lowest BCUT2D eigenvalue weighted by atomic mass is 10.1. The van der Waals surface area contributed by atoms with Gasteiger partial charge in [0, 0.05) is 0 Å². The molecule has 5 nitrogen and oxygen atoms in total. The van der Waals surface area contributed by atoms with Crippen LogP contribution >= 0.6 is 0 Å². The molecule has 2 amide bonds. The fourth-order valence-electron chi connectivity index (χ4n) is 2.21. The van der Waals surface area contributed by atoms with Crippen LogP contribution in [0.5, 0.6) is 0 Å². The van der Waals surface area contributed by atoms with E-state index in [2.05, 4.69) is 0 Å². The maximum Gasteiger partial charge on any atom is 0.416 e. The van der Waals surface area contributed by atoms with Crippen molar-refractivity contribution < 1.29 is 19.4 Å². The molecule has 0 unspecified atom stereocenters. The highest BCUT2D eigenvalue weighted by atomic mass is 16.6. The molecule has 0 aliphatic carbocycles. The summed E-state index contributed by atoms with van der Waals surface area (Å²) in [6, 6.07) is 17.9. The van der Waals surface area contributed by atoms with Gasteiger partial charge >= 0.3 is 6.09 Å². The van der Waals surface area contributed by atoms with Crippen molar-refractivity contribution in [3.63, 3.8) is 0 Å². The highest BCUT2D eigenvalue weighted by molar-refractivity contribution is 5.80. The second-order valence-electron chi connectivity index (χ2n) is 5.08. The van der Waals surface area contributed by atoms with E-state index in [1.807, 2.05) is 60.7 Å². The van der Waals surface area contributed by atoms with Crippen molar-refractivity contribution in [3.8, 4) is 0 Å². The molecule has 23 heavy (non-hydrogen) atoms. The zero-order valence-electron chi connectivity index (χ0n) is 12.7. The minimum Gasteiger partial charge on any atom is -0.444 e. The van der Waals surface area contributed by atoms with Crippen LogP contribution in [0.1, 0.15) is 11.1 Å². The SMILES string of the molecule is O=CN(C(=O)OCc1ccccc1)[C@@H](CO)Cc1ccccc1. The maximum absolute atomic E-state index is 12.1. The minimum absolute atomic E-state index is 0.0769. The van der Waals surface area contributed by atoms with E-state index in [1.165, 1.54) is 0 Å². The Bertz CT molecular complexity index is 615. The summed E-state index contributed by atoms with van der Waals surface area (Å²) in [5.74, 6) is 0. The second kappa shape index (κ2) is 8.70. The molecule has 0 saturated carbocycles. The van der Waals surface area contributed by atoms with Gasteiger partial charge in [-0.15, -0.1) is 0 Å². The van der Waals surface area contributed by atoms with Gasteiger partial charge in [-0.2, -0.15) is 0 Å². The van der Waals surface area contributed by atoms with E-state index in [0.29, 0.717) is 12.8 Å². The van der Waals surface area contributed by atoms with E-state index in [4.69, 9.17) is 4.74 Å². The number of aliphatic hydroxyl groups is 1. The molecule has 2 aromatic carbocycles. The monoisotopic (exact) mass is 313 g/mol. The Kier molecular flexibility index (Phi) is 6.32. The molecular weight excluding hydrogens is 294 g/mol. The summed E-state index contributed by atoms with van der Waals surface area (Å²) in [5.41, 5.74) is 1.75. The lowest BCUT2D eigenvalue weighted by Gasteiger charge is -2.24. The van der Waals surface area contributed by atoms with Crippen LogP contribution < -0.4 is 0 Å². The standard InChI is InChI=1S/C18H19NO4/c20-12-17(11-15-7-3-1-4-8-15)19(14-21)18(22)23-13-16-9-5-2-6-10-16/h1-10,14,17,20H,11-13H2/t17-/m1/s1. The van der Waals surface area contributed by atoms with Gasteiger partial charge in [-0.05, 0) is 17.5 Å². The Morgan fingerprint density at radius 1 is 1.04 bits per heavy atom. The molecule has 2 rings (SSSR count). The Morgan fingerprint density at radius 3 is 2.13 bits per heavy atom. The minimum atomic E-state index is -0.765. The molecule has 0 bridgehead atoms. The molecule has 0 saturated heterocycles. The average molecular weight is 313 g/mol. The van der Waals surface area contributed by atoms with Crippen LogP contribution in [-0.4, -0.2) is 35.2 Å². The van der Waals surface area contributed by atoms with Gasteiger partial charge in [-0.25, -0.2) is 9.69 Å². The first-order valence-electron chi connectivity index (χ1n) is 7.33. The molecule has 0 radical (unpaired) electrons. The molecule has 5 heteroatoms. The van der Waals surface area contributed by atoms with E-state index < -0.39 is 12.1 Å². The van der Waals surface area contributed by atoms with E-state index in [9.17, 15) is 14.7 Å². The van der Waals surface area contributed by atoms with E-state index in [-0.39, 0.29) is 13.2 Å². The fourth-order valence-corrected chi connectivity index (χ4v) is 2.21. The molecule has 0 aromatic heterocycles. The first kappa shape index (κ1) is 16.7. The third-order valence-electron chi connectivity index (χ3n) is 3.45. The van der Waals surface area contributed by atoms with Gasteiger partial charge in [0.05, 0.1) is 12.6 Å². The van der Waals surface area contributed by atoms with Gasteiger partial charge in [0.15, 0.2) is 0 Å². The van der Waals surface area contributed by atoms with Gasteiger partial charge in [-0.1, -0.05) is 60.7 Å². The number of carbonyl (C=O) groups excluding carboxylic acids is 2. The van der Waals surface area contributed by atoms with Crippen molar-refractivity contribution in [1.82, 2.24) is 4.90 Å². The van der Waals surface area contributed by atoms with E-state index in [1.54, 1.807) is 0 Å². The molecule has 0 heterocycles. The Labute approximate surface area is 135 Å². The number of aliphatic hydroxyl groups excluding tert-OH is 1. The van der Waals surface area contributed by atoms with Gasteiger partial charge in [-0.3, -0.25) is 4.79 Å². The lowest BCUT2D eigenvalue weighted by Crippen LogP contribution is -2.43. The molecule has 0 spiro atoms. The fraction of sp³-hybridized carbons (Fsp3) is 0.222. The number of hydrogen-bond donors (Lipinski definition) is 1. The quantitative estimate of drug-likeness (QED) is 0.797. The topological polar surface area (TPSA) is 66.8 Å². The molecule has 0 aliphatic heterocycles. The summed E-state index contributed by atoms with van der Waals surface area (Å²) in [7, 11) is 0. The molecule has 2 aromatic rings. The van der Waals surface area contributed by atoms with Crippen molar-refractivity contribution in [2.75, 3.05) is 6.61 Å². The third-order valence-corrected chi connectivity index (χ3v) is 3.45. The number of hydrogen-bond acceptors (Lipinski definition) is 4. The third kappa shape index (κ3) is 4.93. The predicted octanol–water partition coefficient (Wildman–Crippen LogP) is 2.39. The van der Waals surface area contributed by atoms with Crippen LogP contribution in [0.3, 0.4) is 0 Å². The molecule has 120 valence electrons. The van der Waals surface area contributed by atoms with Crippen LogP contribution in [0.25, 0.3) is 0 Å².